The molecule has 3 rings (SSSR count). The maximum absolute atomic E-state index is 12.5. The fraction of sp³-hybridized carbons (Fsp3) is 0.182. The van der Waals surface area contributed by atoms with Crippen LogP contribution in [0.4, 0.5) is 11.4 Å². The number of nitro benzene ring substituents is 2. The van der Waals surface area contributed by atoms with Gasteiger partial charge in [-0.1, -0.05) is 35.3 Å². The van der Waals surface area contributed by atoms with Crippen molar-refractivity contribution in [2.24, 2.45) is 0 Å². The van der Waals surface area contributed by atoms with Gasteiger partial charge in [-0.15, -0.1) is 0 Å². The monoisotopic (exact) mass is 504 g/mol. The van der Waals surface area contributed by atoms with Gasteiger partial charge in [-0.05, 0) is 35.4 Å². The summed E-state index contributed by atoms with van der Waals surface area (Å²) in [6, 6.07) is 8.48. The highest BCUT2D eigenvalue weighted by Crippen LogP contribution is 2.26. The Morgan fingerprint density at radius 1 is 0.735 bits per heavy atom. The Kier molecular flexibility index (Phi) is 7.98. The molecule has 176 valence electrons. The Morgan fingerprint density at radius 2 is 1.09 bits per heavy atom. The van der Waals surface area contributed by atoms with E-state index >= 15 is 0 Å². The van der Waals surface area contributed by atoms with E-state index in [1.807, 2.05) is 0 Å². The van der Waals surface area contributed by atoms with Crippen molar-refractivity contribution in [1.29, 1.82) is 0 Å². The van der Waals surface area contributed by atoms with Gasteiger partial charge in [-0.2, -0.15) is 0 Å². The zero-order chi connectivity index (χ0) is 24.8. The number of benzene rings is 2. The van der Waals surface area contributed by atoms with Crippen LogP contribution in [0.25, 0.3) is 12.2 Å². The molecule has 2 amide bonds. The minimum absolute atomic E-state index is 0.0117. The van der Waals surface area contributed by atoms with E-state index < -0.39 is 9.85 Å². The van der Waals surface area contributed by atoms with Crippen LogP contribution in [-0.2, 0) is 9.59 Å². The fourth-order valence-electron chi connectivity index (χ4n) is 3.24. The number of hydrogen-bond donors (Lipinski definition) is 0. The Hall–Kier alpha value is -3.76. The summed E-state index contributed by atoms with van der Waals surface area (Å²) in [6.07, 6.45) is 5.57. The van der Waals surface area contributed by atoms with Gasteiger partial charge >= 0.3 is 0 Å². The van der Waals surface area contributed by atoms with Crippen LogP contribution in [0.2, 0.25) is 10.0 Å². The van der Waals surface area contributed by atoms with Crippen molar-refractivity contribution in [2.75, 3.05) is 26.2 Å². The lowest BCUT2D eigenvalue weighted by molar-refractivity contribution is -0.384. The summed E-state index contributed by atoms with van der Waals surface area (Å²) in [5.74, 6) is -0.567. The highest BCUT2D eigenvalue weighted by atomic mass is 35.5. The molecular weight excluding hydrogens is 487 g/mol. The molecule has 0 bridgehead atoms. The smallest absolute Gasteiger partial charge is 0.288 e. The summed E-state index contributed by atoms with van der Waals surface area (Å²) >= 11 is 11.6. The standard InChI is InChI=1S/C22H18Cl2N4O6/c23-17-5-1-15(13-19(17)27(31)32)3-7-21(29)25-9-11-26(12-10-25)22(30)8-4-16-2-6-18(24)20(14-16)28(33)34/h1-8,13-14H,9-12H2/b7-3+,8-4+. The zero-order valence-corrected chi connectivity index (χ0v) is 19.1. The molecule has 0 radical (unpaired) electrons. The van der Waals surface area contributed by atoms with Crippen molar-refractivity contribution in [3.8, 4) is 0 Å². The largest absolute Gasteiger partial charge is 0.336 e. The highest BCUT2D eigenvalue weighted by Gasteiger charge is 2.22. The zero-order valence-electron chi connectivity index (χ0n) is 17.6. The van der Waals surface area contributed by atoms with Gasteiger partial charge in [0.05, 0.1) is 9.85 Å². The number of halogens is 2. The van der Waals surface area contributed by atoms with E-state index in [1.165, 1.54) is 48.6 Å². The van der Waals surface area contributed by atoms with Crippen LogP contribution in [0.15, 0.2) is 48.6 Å². The van der Waals surface area contributed by atoms with Crippen LogP contribution in [0, 0.1) is 20.2 Å². The first-order valence-electron chi connectivity index (χ1n) is 9.97. The molecule has 0 N–H and O–H groups in total. The molecule has 0 unspecified atom stereocenters. The molecule has 34 heavy (non-hydrogen) atoms. The molecule has 0 aliphatic carbocycles. The third-order valence-electron chi connectivity index (χ3n) is 5.07. The van der Waals surface area contributed by atoms with Crippen molar-refractivity contribution < 1.29 is 19.4 Å². The number of piperazine rings is 1. The fourth-order valence-corrected chi connectivity index (χ4v) is 3.61. The molecule has 0 saturated carbocycles. The topological polar surface area (TPSA) is 127 Å². The number of nitro groups is 2. The summed E-state index contributed by atoms with van der Waals surface area (Å²) in [4.78, 5) is 48.8. The first-order chi connectivity index (χ1) is 16.2. The number of nitrogens with zero attached hydrogens (tertiary/aromatic N) is 4. The van der Waals surface area contributed by atoms with Crippen LogP contribution in [-0.4, -0.2) is 57.6 Å². The minimum atomic E-state index is -0.597. The number of amides is 2. The second-order valence-electron chi connectivity index (χ2n) is 7.25. The Morgan fingerprint density at radius 3 is 1.41 bits per heavy atom. The maximum Gasteiger partial charge on any atom is 0.288 e. The molecule has 2 aromatic carbocycles. The average Bonchev–Trinajstić information content (AvgIpc) is 2.82. The van der Waals surface area contributed by atoms with Gasteiger partial charge in [0.1, 0.15) is 10.0 Å². The van der Waals surface area contributed by atoms with Gasteiger partial charge < -0.3 is 9.80 Å². The molecule has 0 atom stereocenters. The first-order valence-corrected chi connectivity index (χ1v) is 10.7. The van der Waals surface area contributed by atoms with Crippen LogP contribution in [0.3, 0.4) is 0 Å². The summed E-state index contributed by atoms with van der Waals surface area (Å²) in [7, 11) is 0. The normalized spacial score (nSPS) is 14.1. The summed E-state index contributed by atoms with van der Waals surface area (Å²) in [5, 5.41) is 22.0. The number of hydrogen-bond acceptors (Lipinski definition) is 6. The molecule has 1 saturated heterocycles. The van der Waals surface area contributed by atoms with Crippen LogP contribution in [0.5, 0.6) is 0 Å². The molecule has 0 aromatic heterocycles. The van der Waals surface area contributed by atoms with Gasteiger partial charge in [0.25, 0.3) is 11.4 Å². The van der Waals surface area contributed by atoms with Crippen LogP contribution >= 0.6 is 23.2 Å². The molecular formula is C22H18Cl2N4O6. The quantitative estimate of drug-likeness (QED) is 0.329. The van der Waals surface area contributed by atoms with Gasteiger partial charge in [0.15, 0.2) is 0 Å². The molecule has 1 heterocycles. The van der Waals surface area contributed by atoms with E-state index in [0.29, 0.717) is 37.3 Å². The van der Waals surface area contributed by atoms with Crippen molar-refractivity contribution in [1.82, 2.24) is 9.80 Å². The predicted molar refractivity (Wildman–Crippen MR) is 127 cm³/mol. The molecule has 12 heteroatoms. The second kappa shape index (κ2) is 10.9. The third-order valence-corrected chi connectivity index (χ3v) is 5.71. The van der Waals surface area contributed by atoms with E-state index in [1.54, 1.807) is 21.9 Å². The molecule has 1 aliphatic heterocycles. The molecule has 1 aliphatic rings. The van der Waals surface area contributed by atoms with E-state index in [2.05, 4.69) is 0 Å². The third kappa shape index (κ3) is 6.18. The van der Waals surface area contributed by atoms with Crippen molar-refractivity contribution in [2.45, 2.75) is 0 Å². The van der Waals surface area contributed by atoms with Crippen LogP contribution in [0.1, 0.15) is 11.1 Å². The molecule has 10 nitrogen and oxygen atoms in total. The van der Waals surface area contributed by atoms with E-state index in [-0.39, 0.29) is 33.2 Å². The van der Waals surface area contributed by atoms with Crippen LogP contribution < -0.4 is 0 Å². The van der Waals surface area contributed by atoms with Crippen molar-refractivity contribution in [3.63, 3.8) is 0 Å². The van der Waals surface area contributed by atoms with Gasteiger partial charge in [-0.3, -0.25) is 29.8 Å². The molecule has 0 spiro atoms. The average molecular weight is 505 g/mol. The lowest BCUT2D eigenvalue weighted by Crippen LogP contribution is -2.49. The Labute approximate surface area is 204 Å². The molecule has 2 aromatic rings. The lowest BCUT2D eigenvalue weighted by atomic mass is 10.1. The first kappa shape index (κ1) is 24.9. The highest BCUT2D eigenvalue weighted by molar-refractivity contribution is 6.33. The maximum atomic E-state index is 12.5. The predicted octanol–water partition coefficient (Wildman–Crippen LogP) is 4.21. The van der Waals surface area contributed by atoms with Gasteiger partial charge in [-0.25, -0.2) is 0 Å². The van der Waals surface area contributed by atoms with Gasteiger partial charge in [0, 0.05) is 50.5 Å². The van der Waals surface area contributed by atoms with E-state index in [9.17, 15) is 29.8 Å². The second-order valence-corrected chi connectivity index (χ2v) is 8.07. The van der Waals surface area contributed by atoms with E-state index in [0.717, 1.165) is 0 Å². The number of carbonyl (C=O) groups is 2. The SMILES string of the molecule is O=C(/C=C/c1ccc(Cl)c([N+](=O)[O-])c1)N1CCN(C(=O)/C=C/c2ccc(Cl)c([N+](=O)[O-])c2)CC1. The van der Waals surface area contributed by atoms with Crippen molar-refractivity contribution >= 4 is 58.5 Å². The molecule has 1 fully saturated rings. The summed E-state index contributed by atoms with van der Waals surface area (Å²) in [5.41, 5.74) is 0.436. The summed E-state index contributed by atoms with van der Waals surface area (Å²) < 4.78 is 0. The minimum Gasteiger partial charge on any atom is -0.336 e. The Balaban J connectivity index is 1.55. The summed E-state index contributed by atoms with van der Waals surface area (Å²) in [6.45, 7) is 1.26. The number of rotatable bonds is 6. The van der Waals surface area contributed by atoms with Crippen molar-refractivity contribution in [3.05, 3.63) is 90.0 Å². The van der Waals surface area contributed by atoms with Gasteiger partial charge in [0.2, 0.25) is 11.8 Å². The Bertz CT molecular complexity index is 1110. The number of carbonyl (C=O) groups excluding carboxylic acids is 2. The lowest BCUT2D eigenvalue weighted by Gasteiger charge is -2.33. The van der Waals surface area contributed by atoms with E-state index in [4.69, 9.17) is 23.2 Å².